The van der Waals surface area contributed by atoms with Crippen molar-refractivity contribution in [2.24, 2.45) is 4.99 Å². The van der Waals surface area contributed by atoms with Crippen LogP contribution in [0, 0.1) is 0 Å². The molecule has 2 N–H and O–H groups in total. The first-order chi connectivity index (χ1) is 9.17. The molecule has 0 atom stereocenters. The molecule has 20 heavy (non-hydrogen) atoms. The average Bonchev–Trinajstić information content (AvgIpc) is 2.40. The van der Waals surface area contributed by atoms with Crippen molar-refractivity contribution < 1.29 is 4.79 Å². The van der Waals surface area contributed by atoms with Crippen molar-refractivity contribution >= 4 is 35.8 Å². The maximum Gasteiger partial charge on any atom is 0.219 e. The number of rotatable bonds is 5. The quantitative estimate of drug-likeness (QED) is 0.399. The normalized spacial score (nSPS) is 15.2. The van der Waals surface area contributed by atoms with Crippen LogP contribution in [0.3, 0.4) is 0 Å². The molecule has 0 aromatic heterocycles. The molecule has 1 rings (SSSR count). The number of carbonyl (C=O) groups is 1. The van der Waals surface area contributed by atoms with E-state index in [0.717, 1.165) is 58.3 Å². The molecule has 1 saturated heterocycles. The summed E-state index contributed by atoms with van der Waals surface area (Å²) >= 11 is 0. The largest absolute Gasteiger partial charge is 0.357 e. The Labute approximate surface area is 139 Å². The molecule has 0 radical (unpaired) electrons. The smallest absolute Gasteiger partial charge is 0.219 e. The van der Waals surface area contributed by atoms with Gasteiger partial charge in [-0.05, 0) is 13.8 Å². The maximum atomic E-state index is 11.2. The molecule has 118 valence electrons. The molecule has 0 spiro atoms. The molecule has 0 aromatic rings. The number of nitrogens with one attached hydrogen (secondary N) is 2. The van der Waals surface area contributed by atoms with E-state index in [2.05, 4.69) is 34.4 Å². The number of halogens is 1. The zero-order valence-electron chi connectivity index (χ0n) is 12.8. The van der Waals surface area contributed by atoms with Gasteiger partial charge in [0.05, 0.1) is 6.54 Å². The van der Waals surface area contributed by atoms with Crippen LogP contribution in [-0.4, -0.2) is 74.0 Å². The summed E-state index contributed by atoms with van der Waals surface area (Å²) in [4.78, 5) is 20.0. The summed E-state index contributed by atoms with van der Waals surface area (Å²) in [6.07, 6.45) is 0. The van der Waals surface area contributed by atoms with Crippen LogP contribution in [0.2, 0.25) is 0 Å². The van der Waals surface area contributed by atoms with Gasteiger partial charge in [0, 0.05) is 52.7 Å². The Hall–Kier alpha value is -0.570. The first-order valence-corrected chi connectivity index (χ1v) is 7.17. The molecule has 0 aromatic carbocycles. The van der Waals surface area contributed by atoms with E-state index in [9.17, 15) is 4.79 Å². The van der Waals surface area contributed by atoms with Crippen LogP contribution < -0.4 is 10.6 Å². The fraction of sp³-hybridized carbons (Fsp3) is 0.846. The minimum atomic E-state index is 0. The minimum Gasteiger partial charge on any atom is -0.357 e. The highest BCUT2D eigenvalue weighted by Crippen LogP contribution is 2.01. The van der Waals surface area contributed by atoms with Gasteiger partial charge in [-0.15, -0.1) is 24.0 Å². The standard InChI is InChI=1S/C13H27N5O.HI/c1-4-14-13(15-5-2)16-6-7-17-8-10-18(11-9-17)12(3)19;/h4-11H2,1-3H3,(H2,14,15,16);1H. The van der Waals surface area contributed by atoms with Gasteiger partial charge in [0.2, 0.25) is 5.91 Å². The van der Waals surface area contributed by atoms with Crippen molar-refractivity contribution in [3.8, 4) is 0 Å². The van der Waals surface area contributed by atoms with E-state index in [1.54, 1.807) is 6.92 Å². The van der Waals surface area contributed by atoms with E-state index in [-0.39, 0.29) is 29.9 Å². The molecular formula is C13H28IN5O. The van der Waals surface area contributed by atoms with Crippen molar-refractivity contribution in [2.75, 3.05) is 52.4 Å². The van der Waals surface area contributed by atoms with Gasteiger partial charge in [-0.1, -0.05) is 0 Å². The van der Waals surface area contributed by atoms with E-state index >= 15 is 0 Å². The van der Waals surface area contributed by atoms with Gasteiger partial charge < -0.3 is 15.5 Å². The summed E-state index contributed by atoms with van der Waals surface area (Å²) in [5.41, 5.74) is 0. The van der Waals surface area contributed by atoms with Gasteiger partial charge in [0.15, 0.2) is 5.96 Å². The number of piperazine rings is 1. The summed E-state index contributed by atoms with van der Waals surface area (Å²) in [5.74, 6) is 1.06. The van der Waals surface area contributed by atoms with Crippen LogP contribution in [0.25, 0.3) is 0 Å². The van der Waals surface area contributed by atoms with Gasteiger partial charge in [0.25, 0.3) is 0 Å². The third kappa shape index (κ3) is 7.28. The predicted molar refractivity (Wildman–Crippen MR) is 93.8 cm³/mol. The van der Waals surface area contributed by atoms with Crippen molar-refractivity contribution in [1.82, 2.24) is 20.4 Å². The Morgan fingerprint density at radius 1 is 1.10 bits per heavy atom. The molecule has 0 bridgehead atoms. The van der Waals surface area contributed by atoms with Crippen molar-refractivity contribution in [3.05, 3.63) is 0 Å². The Morgan fingerprint density at radius 2 is 1.65 bits per heavy atom. The van der Waals surface area contributed by atoms with Crippen LogP contribution in [0.1, 0.15) is 20.8 Å². The summed E-state index contributed by atoms with van der Waals surface area (Å²) in [5, 5.41) is 6.42. The van der Waals surface area contributed by atoms with E-state index in [1.807, 2.05) is 4.90 Å². The van der Waals surface area contributed by atoms with Crippen molar-refractivity contribution in [2.45, 2.75) is 20.8 Å². The SMILES string of the molecule is CCNC(=NCCN1CCN(C(C)=O)CC1)NCC.I. The molecule has 0 saturated carbocycles. The lowest BCUT2D eigenvalue weighted by atomic mass is 10.3. The number of hydrogen-bond acceptors (Lipinski definition) is 3. The highest BCUT2D eigenvalue weighted by atomic mass is 127. The molecule has 1 aliphatic rings. The van der Waals surface area contributed by atoms with Gasteiger partial charge >= 0.3 is 0 Å². The predicted octanol–water partition coefficient (Wildman–Crippen LogP) is 0.344. The van der Waals surface area contributed by atoms with Crippen LogP contribution in [0.15, 0.2) is 4.99 Å². The molecule has 1 fully saturated rings. The monoisotopic (exact) mass is 397 g/mol. The number of carbonyl (C=O) groups excluding carboxylic acids is 1. The van der Waals surface area contributed by atoms with Crippen molar-refractivity contribution in [3.63, 3.8) is 0 Å². The van der Waals surface area contributed by atoms with Crippen LogP contribution in [0.5, 0.6) is 0 Å². The lowest BCUT2D eigenvalue weighted by Gasteiger charge is -2.33. The van der Waals surface area contributed by atoms with Crippen LogP contribution >= 0.6 is 24.0 Å². The van der Waals surface area contributed by atoms with E-state index < -0.39 is 0 Å². The second-order valence-electron chi connectivity index (χ2n) is 4.64. The number of amides is 1. The van der Waals surface area contributed by atoms with E-state index in [1.165, 1.54) is 0 Å². The topological polar surface area (TPSA) is 60.0 Å². The first-order valence-electron chi connectivity index (χ1n) is 7.17. The molecule has 6 nitrogen and oxygen atoms in total. The molecule has 7 heteroatoms. The maximum absolute atomic E-state index is 11.2. The fourth-order valence-electron chi connectivity index (χ4n) is 2.10. The van der Waals surface area contributed by atoms with Gasteiger partial charge in [-0.2, -0.15) is 0 Å². The minimum absolute atomic E-state index is 0. The summed E-state index contributed by atoms with van der Waals surface area (Å²) in [7, 11) is 0. The molecule has 1 aliphatic heterocycles. The third-order valence-corrected chi connectivity index (χ3v) is 3.19. The van der Waals surface area contributed by atoms with Crippen LogP contribution in [0.4, 0.5) is 0 Å². The molecular weight excluding hydrogens is 369 g/mol. The van der Waals surface area contributed by atoms with Gasteiger partial charge in [-0.25, -0.2) is 0 Å². The molecule has 0 aliphatic carbocycles. The summed E-state index contributed by atoms with van der Waals surface area (Å²) in [6, 6.07) is 0. The van der Waals surface area contributed by atoms with Gasteiger partial charge in [0.1, 0.15) is 0 Å². The number of guanidine groups is 1. The van der Waals surface area contributed by atoms with Crippen LogP contribution in [-0.2, 0) is 4.79 Å². The summed E-state index contributed by atoms with van der Waals surface area (Å²) in [6.45, 7) is 12.8. The van der Waals surface area contributed by atoms with Gasteiger partial charge in [-0.3, -0.25) is 14.7 Å². The highest BCUT2D eigenvalue weighted by Gasteiger charge is 2.17. The van der Waals surface area contributed by atoms with Crippen molar-refractivity contribution in [1.29, 1.82) is 0 Å². The Bertz CT molecular complexity index is 295. The number of nitrogens with zero attached hydrogens (tertiary/aromatic N) is 3. The fourth-order valence-corrected chi connectivity index (χ4v) is 2.10. The third-order valence-electron chi connectivity index (χ3n) is 3.19. The second-order valence-corrected chi connectivity index (χ2v) is 4.64. The highest BCUT2D eigenvalue weighted by molar-refractivity contribution is 14.0. The molecule has 0 unspecified atom stereocenters. The van der Waals surface area contributed by atoms with E-state index in [4.69, 9.17) is 0 Å². The Balaban J connectivity index is 0.00000361. The number of hydrogen-bond donors (Lipinski definition) is 2. The zero-order chi connectivity index (χ0) is 14.1. The number of aliphatic imine (C=N–C) groups is 1. The lowest BCUT2D eigenvalue weighted by molar-refractivity contribution is -0.130. The molecule has 1 amide bonds. The average molecular weight is 397 g/mol. The second kappa shape index (κ2) is 11.1. The molecule has 1 heterocycles. The Morgan fingerprint density at radius 3 is 2.10 bits per heavy atom. The van der Waals surface area contributed by atoms with E-state index in [0.29, 0.717) is 0 Å². The Kier molecular flexibility index (Phi) is 10.8. The zero-order valence-corrected chi connectivity index (χ0v) is 15.1. The summed E-state index contributed by atoms with van der Waals surface area (Å²) < 4.78 is 0. The lowest BCUT2D eigenvalue weighted by Crippen LogP contribution is -2.48. The first kappa shape index (κ1) is 19.4.